The number of hydrogen-bond donors (Lipinski definition) is 4. The highest BCUT2D eigenvalue weighted by Gasteiger charge is 2.24. The standard InChI is InChI=1S/C12H22O4.C4H8O.C2H6O2/c1-2-3-4-5-6-7-8-9-10(11(13)14)12(15)16;1-2-4-5-3-1;3-1-2-4/h10H,2-9H2,1H3,(H,13,14)(H,15,16);1-4H2;3-4H,1-2H2. The van der Waals surface area contributed by atoms with Gasteiger partial charge in [0.15, 0.2) is 5.92 Å². The molecule has 0 aliphatic carbocycles. The molecule has 0 aromatic carbocycles. The van der Waals surface area contributed by atoms with E-state index < -0.39 is 17.9 Å². The van der Waals surface area contributed by atoms with Gasteiger partial charge in [-0.05, 0) is 19.3 Å². The van der Waals surface area contributed by atoms with E-state index in [9.17, 15) is 9.59 Å². The number of hydrogen-bond acceptors (Lipinski definition) is 5. The van der Waals surface area contributed by atoms with Gasteiger partial charge in [0.2, 0.25) is 0 Å². The van der Waals surface area contributed by atoms with Gasteiger partial charge < -0.3 is 25.2 Å². The number of unbranched alkanes of at least 4 members (excludes halogenated alkanes) is 6. The molecule has 1 heterocycles. The zero-order chi connectivity index (χ0) is 19.3. The minimum absolute atomic E-state index is 0.125. The third-order valence-electron chi connectivity index (χ3n) is 3.62. The molecule has 0 aromatic heterocycles. The molecule has 150 valence electrons. The van der Waals surface area contributed by atoms with Crippen molar-refractivity contribution in [3.05, 3.63) is 0 Å². The van der Waals surface area contributed by atoms with Crippen LogP contribution in [0.15, 0.2) is 0 Å². The van der Waals surface area contributed by atoms with E-state index in [0.29, 0.717) is 6.42 Å². The summed E-state index contributed by atoms with van der Waals surface area (Å²) in [5.74, 6) is -3.67. The molecule has 0 atom stereocenters. The van der Waals surface area contributed by atoms with Crippen LogP contribution in [0.5, 0.6) is 0 Å². The van der Waals surface area contributed by atoms with E-state index >= 15 is 0 Å². The number of carboxylic acid groups (broad SMARTS) is 2. The van der Waals surface area contributed by atoms with E-state index in [4.69, 9.17) is 25.2 Å². The third kappa shape index (κ3) is 20.8. The van der Waals surface area contributed by atoms with Crippen LogP contribution in [0.4, 0.5) is 0 Å². The summed E-state index contributed by atoms with van der Waals surface area (Å²) in [6.45, 7) is 3.91. The molecular formula is C18H36O7. The van der Waals surface area contributed by atoms with Crippen LogP contribution in [-0.2, 0) is 14.3 Å². The predicted molar refractivity (Wildman–Crippen MR) is 95.6 cm³/mol. The minimum atomic E-state index is -1.23. The number of carboxylic acids is 2. The van der Waals surface area contributed by atoms with Crippen molar-refractivity contribution in [3.63, 3.8) is 0 Å². The molecule has 0 saturated carbocycles. The Bertz CT molecular complexity index is 280. The fourth-order valence-electron chi connectivity index (χ4n) is 2.17. The second kappa shape index (κ2) is 20.9. The second-order valence-corrected chi connectivity index (χ2v) is 5.91. The molecule has 0 radical (unpaired) electrons. The lowest BCUT2D eigenvalue weighted by Crippen LogP contribution is -2.23. The van der Waals surface area contributed by atoms with Gasteiger partial charge in [-0.25, -0.2) is 0 Å². The maximum atomic E-state index is 10.6. The number of aliphatic hydroxyl groups is 2. The number of rotatable bonds is 11. The SMILES string of the molecule is C1CCOC1.CCCCCCCCCC(C(=O)O)C(=O)O.OCCO. The van der Waals surface area contributed by atoms with Crippen molar-refractivity contribution in [3.8, 4) is 0 Å². The van der Waals surface area contributed by atoms with Crippen LogP contribution in [0.1, 0.15) is 71.1 Å². The first-order valence-electron chi connectivity index (χ1n) is 9.26. The van der Waals surface area contributed by atoms with Crippen molar-refractivity contribution in [1.29, 1.82) is 0 Å². The summed E-state index contributed by atoms with van der Waals surface area (Å²) in [4.78, 5) is 21.1. The summed E-state index contributed by atoms with van der Waals surface area (Å²) >= 11 is 0. The van der Waals surface area contributed by atoms with Crippen LogP contribution in [0, 0.1) is 5.92 Å². The molecule has 0 amide bonds. The van der Waals surface area contributed by atoms with Gasteiger partial charge in [0.05, 0.1) is 13.2 Å². The highest BCUT2D eigenvalue weighted by atomic mass is 16.5. The van der Waals surface area contributed by atoms with E-state index in [1.54, 1.807) is 0 Å². The van der Waals surface area contributed by atoms with E-state index in [0.717, 1.165) is 26.1 Å². The average molecular weight is 364 g/mol. The summed E-state index contributed by atoms with van der Waals surface area (Å²) in [6, 6.07) is 0. The first-order chi connectivity index (χ1) is 12.0. The molecule has 0 unspecified atom stereocenters. The molecule has 25 heavy (non-hydrogen) atoms. The maximum absolute atomic E-state index is 10.6. The van der Waals surface area contributed by atoms with Gasteiger partial charge in [0.1, 0.15) is 0 Å². The summed E-state index contributed by atoms with van der Waals surface area (Å²) in [5, 5.41) is 32.5. The Hall–Kier alpha value is -1.18. The van der Waals surface area contributed by atoms with Gasteiger partial charge in [-0.2, -0.15) is 0 Å². The Morgan fingerprint density at radius 1 is 0.840 bits per heavy atom. The van der Waals surface area contributed by atoms with Crippen molar-refractivity contribution >= 4 is 11.9 Å². The molecule has 1 aliphatic heterocycles. The summed E-state index contributed by atoms with van der Waals surface area (Å²) in [5.41, 5.74) is 0. The van der Waals surface area contributed by atoms with Crippen molar-refractivity contribution < 1.29 is 34.8 Å². The van der Waals surface area contributed by atoms with Crippen LogP contribution in [0.25, 0.3) is 0 Å². The lowest BCUT2D eigenvalue weighted by molar-refractivity contribution is -0.154. The third-order valence-corrected chi connectivity index (χ3v) is 3.62. The van der Waals surface area contributed by atoms with Gasteiger partial charge in [0, 0.05) is 13.2 Å². The summed E-state index contributed by atoms with van der Waals surface area (Å²) in [6.07, 6.45) is 10.3. The molecule has 0 aromatic rings. The number of aliphatic hydroxyl groups excluding tert-OH is 2. The van der Waals surface area contributed by atoms with Gasteiger partial charge in [0.25, 0.3) is 0 Å². The van der Waals surface area contributed by atoms with Gasteiger partial charge in [-0.15, -0.1) is 0 Å². The van der Waals surface area contributed by atoms with Crippen molar-refractivity contribution in [2.45, 2.75) is 71.1 Å². The summed E-state index contributed by atoms with van der Waals surface area (Å²) in [7, 11) is 0. The Balaban J connectivity index is 0. The maximum Gasteiger partial charge on any atom is 0.317 e. The van der Waals surface area contributed by atoms with Crippen LogP contribution < -0.4 is 0 Å². The zero-order valence-electron chi connectivity index (χ0n) is 15.5. The highest BCUT2D eigenvalue weighted by Crippen LogP contribution is 2.13. The van der Waals surface area contributed by atoms with Crippen molar-refractivity contribution in [2.75, 3.05) is 26.4 Å². The zero-order valence-corrected chi connectivity index (χ0v) is 15.5. The fourth-order valence-corrected chi connectivity index (χ4v) is 2.17. The van der Waals surface area contributed by atoms with Crippen molar-refractivity contribution in [1.82, 2.24) is 0 Å². The van der Waals surface area contributed by atoms with Crippen LogP contribution in [0.3, 0.4) is 0 Å². The van der Waals surface area contributed by atoms with E-state index in [1.165, 1.54) is 38.5 Å². The summed E-state index contributed by atoms with van der Waals surface area (Å²) < 4.78 is 4.94. The van der Waals surface area contributed by atoms with E-state index in [2.05, 4.69) is 6.92 Å². The van der Waals surface area contributed by atoms with Gasteiger partial charge in [-0.1, -0.05) is 51.9 Å². The monoisotopic (exact) mass is 364 g/mol. The predicted octanol–water partition coefficient (Wildman–Crippen LogP) is 2.68. The Kier molecular flexibility index (Phi) is 21.7. The van der Waals surface area contributed by atoms with Crippen LogP contribution in [-0.4, -0.2) is 58.8 Å². The number of ether oxygens (including phenoxy) is 1. The molecule has 0 bridgehead atoms. The molecule has 1 rings (SSSR count). The lowest BCUT2D eigenvalue weighted by atomic mass is 10.0. The van der Waals surface area contributed by atoms with E-state index in [-0.39, 0.29) is 19.6 Å². The van der Waals surface area contributed by atoms with E-state index in [1.807, 2.05) is 0 Å². The quantitative estimate of drug-likeness (QED) is 0.328. The van der Waals surface area contributed by atoms with Crippen LogP contribution in [0.2, 0.25) is 0 Å². The van der Waals surface area contributed by atoms with Crippen LogP contribution >= 0.6 is 0 Å². The first kappa shape index (κ1) is 26.1. The number of carbonyl (C=O) groups is 2. The molecule has 7 nitrogen and oxygen atoms in total. The topological polar surface area (TPSA) is 124 Å². The molecule has 1 aliphatic rings. The molecule has 1 fully saturated rings. The normalized spacial score (nSPS) is 12.8. The average Bonchev–Trinajstić information content (AvgIpc) is 3.16. The Morgan fingerprint density at radius 3 is 1.60 bits per heavy atom. The van der Waals surface area contributed by atoms with Crippen molar-refractivity contribution in [2.24, 2.45) is 5.92 Å². The smallest absolute Gasteiger partial charge is 0.317 e. The fraction of sp³-hybridized carbons (Fsp3) is 0.889. The molecule has 7 heteroatoms. The Labute approximate surface area is 151 Å². The molecular weight excluding hydrogens is 328 g/mol. The molecule has 4 N–H and O–H groups in total. The van der Waals surface area contributed by atoms with Gasteiger partial charge in [-0.3, -0.25) is 9.59 Å². The minimum Gasteiger partial charge on any atom is -0.481 e. The van der Waals surface area contributed by atoms with Gasteiger partial charge >= 0.3 is 11.9 Å². The largest absolute Gasteiger partial charge is 0.481 e. The molecule has 0 spiro atoms. The lowest BCUT2D eigenvalue weighted by Gasteiger charge is -2.06. The Morgan fingerprint density at radius 2 is 1.28 bits per heavy atom. The second-order valence-electron chi connectivity index (χ2n) is 5.91. The number of aliphatic carboxylic acids is 2. The highest BCUT2D eigenvalue weighted by molar-refractivity contribution is 5.92. The first-order valence-corrected chi connectivity index (χ1v) is 9.26. The molecule has 1 saturated heterocycles.